The van der Waals surface area contributed by atoms with Crippen molar-refractivity contribution < 1.29 is 18.4 Å². The number of carbonyl (C=O) groups is 2. The number of amides is 3. The smallest absolute Gasteiger partial charge is 0.321 e. The van der Waals surface area contributed by atoms with Gasteiger partial charge in [-0.1, -0.05) is 30.3 Å². The molecule has 3 amide bonds. The Morgan fingerprint density at radius 3 is 2.22 bits per heavy atom. The molecule has 7 nitrogen and oxygen atoms in total. The Morgan fingerprint density at radius 2 is 1.56 bits per heavy atom. The molecule has 1 aromatic carbocycles. The van der Waals surface area contributed by atoms with Crippen molar-refractivity contribution in [1.82, 2.24) is 15.5 Å². The normalized spacial score (nSPS) is 10.7. The zero-order valence-corrected chi connectivity index (χ0v) is 14.8. The third-order valence-electron chi connectivity index (χ3n) is 3.83. The first-order chi connectivity index (χ1) is 13.2. The van der Waals surface area contributed by atoms with Gasteiger partial charge in [-0.2, -0.15) is 0 Å². The predicted octanol–water partition coefficient (Wildman–Crippen LogP) is 2.90. The van der Waals surface area contributed by atoms with Crippen molar-refractivity contribution in [2.75, 3.05) is 6.54 Å². The number of rotatable bonds is 8. The second-order valence-corrected chi connectivity index (χ2v) is 6.02. The Labute approximate surface area is 157 Å². The van der Waals surface area contributed by atoms with Crippen LogP contribution in [-0.4, -0.2) is 23.4 Å². The van der Waals surface area contributed by atoms with Crippen molar-refractivity contribution in [3.05, 3.63) is 84.2 Å². The fourth-order valence-corrected chi connectivity index (χ4v) is 2.63. The summed E-state index contributed by atoms with van der Waals surface area (Å²) in [7, 11) is 0. The molecule has 0 spiro atoms. The number of benzene rings is 1. The van der Waals surface area contributed by atoms with E-state index in [0.29, 0.717) is 18.8 Å². The molecule has 0 unspecified atom stereocenters. The maximum absolute atomic E-state index is 12.3. The van der Waals surface area contributed by atoms with Crippen LogP contribution in [0.5, 0.6) is 0 Å². The van der Waals surface area contributed by atoms with Gasteiger partial charge < -0.3 is 14.2 Å². The summed E-state index contributed by atoms with van der Waals surface area (Å²) in [6, 6.07) is 16.4. The average Bonchev–Trinajstić information content (AvgIpc) is 3.34. The summed E-state index contributed by atoms with van der Waals surface area (Å²) in [5.41, 5.74) is 1.07. The molecule has 0 aliphatic carbocycles. The average molecular weight is 367 g/mol. The maximum Gasteiger partial charge on any atom is 0.321 e. The molecule has 140 valence electrons. The number of hydrogen-bond donors (Lipinski definition) is 2. The van der Waals surface area contributed by atoms with E-state index in [0.717, 1.165) is 11.3 Å². The quantitative estimate of drug-likeness (QED) is 0.639. The molecule has 0 atom stereocenters. The van der Waals surface area contributed by atoms with Gasteiger partial charge in [0.25, 0.3) is 0 Å². The van der Waals surface area contributed by atoms with E-state index in [-0.39, 0.29) is 13.1 Å². The van der Waals surface area contributed by atoms with Crippen molar-refractivity contribution in [2.24, 2.45) is 0 Å². The number of urea groups is 1. The van der Waals surface area contributed by atoms with Gasteiger partial charge in [-0.15, -0.1) is 0 Å². The van der Waals surface area contributed by atoms with Crippen molar-refractivity contribution in [3.63, 3.8) is 0 Å². The summed E-state index contributed by atoms with van der Waals surface area (Å²) in [4.78, 5) is 26.1. The van der Waals surface area contributed by atoms with Gasteiger partial charge in [-0.3, -0.25) is 15.0 Å². The summed E-state index contributed by atoms with van der Waals surface area (Å²) in [5, 5.41) is 4.92. The standard InChI is InChI=1S/C20H21N3O4/c24-19(22-20(25)21-12-17-8-4-10-26-17)15-23(14-18-9-5-11-27-18)13-16-6-2-1-3-7-16/h1-11H,12-15H2,(H2,21,22,24,25). The topological polar surface area (TPSA) is 87.7 Å². The molecule has 0 bridgehead atoms. The van der Waals surface area contributed by atoms with Crippen molar-refractivity contribution in [1.29, 1.82) is 0 Å². The Kier molecular flexibility index (Phi) is 6.43. The number of carbonyl (C=O) groups excluding carboxylic acids is 2. The van der Waals surface area contributed by atoms with Crippen LogP contribution in [0, 0.1) is 0 Å². The molecule has 2 heterocycles. The summed E-state index contributed by atoms with van der Waals surface area (Å²) < 4.78 is 10.5. The molecule has 0 saturated carbocycles. The van der Waals surface area contributed by atoms with E-state index in [1.807, 2.05) is 41.3 Å². The first-order valence-electron chi connectivity index (χ1n) is 8.58. The molecule has 0 saturated heterocycles. The SMILES string of the molecule is O=C(CN(Cc1ccccc1)Cc1ccco1)NC(=O)NCc1ccco1. The summed E-state index contributed by atoms with van der Waals surface area (Å²) in [5.74, 6) is 0.969. The minimum atomic E-state index is -0.561. The number of imide groups is 1. The number of nitrogens with one attached hydrogen (secondary N) is 2. The lowest BCUT2D eigenvalue weighted by Crippen LogP contribution is -2.44. The summed E-state index contributed by atoms with van der Waals surface area (Å²) in [6.45, 7) is 1.29. The van der Waals surface area contributed by atoms with Crippen LogP contribution in [0.1, 0.15) is 17.1 Å². The molecule has 0 aliphatic rings. The number of furan rings is 2. The fraction of sp³-hybridized carbons (Fsp3) is 0.200. The van der Waals surface area contributed by atoms with Crippen LogP contribution < -0.4 is 10.6 Å². The Bertz CT molecular complexity index is 830. The molecule has 2 N–H and O–H groups in total. The lowest BCUT2D eigenvalue weighted by molar-refractivity contribution is -0.121. The van der Waals surface area contributed by atoms with E-state index >= 15 is 0 Å². The molecular weight excluding hydrogens is 346 g/mol. The van der Waals surface area contributed by atoms with Gasteiger partial charge in [0, 0.05) is 6.54 Å². The Morgan fingerprint density at radius 1 is 0.852 bits per heavy atom. The lowest BCUT2D eigenvalue weighted by atomic mass is 10.2. The van der Waals surface area contributed by atoms with Crippen LogP contribution in [0.25, 0.3) is 0 Å². The molecule has 7 heteroatoms. The van der Waals surface area contributed by atoms with E-state index in [9.17, 15) is 9.59 Å². The van der Waals surface area contributed by atoms with Crippen molar-refractivity contribution in [3.8, 4) is 0 Å². The summed E-state index contributed by atoms with van der Waals surface area (Å²) >= 11 is 0. The zero-order chi connectivity index (χ0) is 18.9. The molecule has 0 radical (unpaired) electrons. The third-order valence-corrected chi connectivity index (χ3v) is 3.83. The monoisotopic (exact) mass is 367 g/mol. The van der Waals surface area contributed by atoms with E-state index in [2.05, 4.69) is 10.6 Å². The highest BCUT2D eigenvalue weighted by molar-refractivity contribution is 5.95. The molecular formula is C20H21N3O4. The molecule has 3 aromatic rings. The minimum absolute atomic E-state index is 0.0593. The molecule has 3 rings (SSSR count). The van der Waals surface area contributed by atoms with Crippen molar-refractivity contribution >= 4 is 11.9 Å². The Balaban J connectivity index is 1.53. The number of hydrogen-bond acceptors (Lipinski definition) is 5. The highest BCUT2D eigenvalue weighted by atomic mass is 16.3. The van der Waals surface area contributed by atoms with E-state index in [1.54, 1.807) is 24.5 Å². The van der Waals surface area contributed by atoms with Gasteiger partial charge in [0.1, 0.15) is 11.5 Å². The van der Waals surface area contributed by atoms with Crippen LogP contribution >= 0.6 is 0 Å². The Hall–Kier alpha value is -3.32. The second kappa shape index (κ2) is 9.40. The fourth-order valence-electron chi connectivity index (χ4n) is 2.63. The van der Waals surface area contributed by atoms with Crippen LogP contribution in [0.15, 0.2) is 76.0 Å². The van der Waals surface area contributed by atoms with Gasteiger partial charge >= 0.3 is 6.03 Å². The van der Waals surface area contributed by atoms with Crippen molar-refractivity contribution in [2.45, 2.75) is 19.6 Å². The van der Waals surface area contributed by atoms with E-state index < -0.39 is 11.9 Å². The molecule has 0 fully saturated rings. The van der Waals surface area contributed by atoms with Crippen LogP contribution in [0.4, 0.5) is 4.79 Å². The van der Waals surface area contributed by atoms with E-state index in [1.165, 1.54) is 6.26 Å². The van der Waals surface area contributed by atoms with Gasteiger partial charge in [-0.25, -0.2) is 4.79 Å². The molecule has 0 aliphatic heterocycles. The highest BCUT2D eigenvalue weighted by Gasteiger charge is 2.15. The van der Waals surface area contributed by atoms with Gasteiger partial charge in [0.2, 0.25) is 5.91 Å². The largest absolute Gasteiger partial charge is 0.468 e. The first-order valence-corrected chi connectivity index (χ1v) is 8.58. The lowest BCUT2D eigenvalue weighted by Gasteiger charge is -2.20. The van der Waals surface area contributed by atoms with Crippen LogP contribution in [0.3, 0.4) is 0 Å². The highest BCUT2D eigenvalue weighted by Crippen LogP contribution is 2.10. The van der Waals surface area contributed by atoms with Gasteiger partial charge in [0.15, 0.2) is 0 Å². The first kappa shape index (κ1) is 18.5. The van der Waals surface area contributed by atoms with Gasteiger partial charge in [-0.05, 0) is 29.8 Å². The summed E-state index contributed by atoms with van der Waals surface area (Å²) in [6.07, 6.45) is 3.12. The van der Waals surface area contributed by atoms with E-state index in [4.69, 9.17) is 8.83 Å². The predicted molar refractivity (Wildman–Crippen MR) is 98.4 cm³/mol. The van der Waals surface area contributed by atoms with Crippen LogP contribution in [0.2, 0.25) is 0 Å². The van der Waals surface area contributed by atoms with Crippen LogP contribution in [-0.2, 0) is 24.4 Å². The second-order valence-electron chi connectivity index (χ2n) is 6.02. The molecule has 2 aromatic heterocycles. The molecule has 27 heavy (non-hydrogen) atoms. The third kappa shape index (κ3) is 6.16. The maximum atomic E-state index is 12.3. The minimum Gasteiger partial charge on any atom is -0.468 e. The van der Waals surface area contributed by atoms with Gasteiger partial charge in [0.05, 0.1) is 32.2 Å². The zero-order valence-electron chi connectivity index (χ0n) is 14.8. The number of nitrogens with zero attached hydrogens (tertiary/aromatic N) is 1.